The number of nitrogens with zero attached hydrogens (tertiary/aromatic N) is 3. The Labute approximate surface area is 113 Å². The Kier molecular flexibility index (Phi) is 3.85. The van der Waals surface area contributed by atoms with E-state index in [1.807, 2.05) is 28.9 Å². The Bertz CT molecular complexity index is 542. The lowest BCUT2D eigenvalue weighted by atomic mass is 10.1. The van der Waals surface area contributed by atoms with E-state index in [0.717, 1.165) is 17.3 Å². The molecule has 0 saturated heterocycles. The van der Waals surface area contributed by atoms with Crippen LogP contribution in [-0.4, -0.2) is 27.4 Å². The van der Waals surface area contributed by atoms with Crippen LogP contribution in [-0.2, 0) is 6.54 Å². The maximum absolute atomic E-state index is 5.23. The van der Waals surface area contributed by atoms with E-state index in [2.05, 4.69) is 36.2 Å². The maximum atomic E-state index is 5.23. The maximum Gasteiger partial charge on any atom is 0.146 e. The number of ether oxygens (including phenoxy) is 1. The van der Waals surface area contributed by atoms with Crippen molar-refractivity contribution < 1.29 is 4.74 Å². The highest BCUT2D eigenvalue weighted by Crippen LogP contribution is 2.16. The van der Waals surface area contributed by atoms with Crippen LogP contribution in [0.25, 0.3) is 5.69 Å². The summed E-state index contributed by atoms with van der Waals surface area (Å²) in [6.45, 7) is 7.04. The largest absolute Gasteiger partial charge is 0.497 e. The summed E-state index contributed by atoms with van der Waals surface area (Å²) in [7, 11) is 1.66. The van der Waals surface area contributed by atoms with Crippen molar-refractivity contribution in [2.75, 3.05) is 7.11 Å². The average molecular weight is 260 g/mol. The van der Waals surface area contributed by atoms with Crippen molar-refractivity contribution in [3.8, 4) is 11.4 Å². The van der Waals surface area contributed by atoms with Gasteiger partial charge in [-0.15, -0.1) is 0 Å². The molecule has 0 fully saturated rings. The molecule has 0 unspecified atom stereocenters. The summed E-state index contributed by atoms with van der Waals surface area (Å²) < 4.78 is 7.05. The van der Waals surface area contributed by atoms with E-state index in [1.165, 1.54) is 0 Å². The standard InChI is InChI=1S/C14H20N4O/c1-14(2,3)16-9-13-15-10-17-18(13)11-6-5-7-12(8-11)19-4/h5-8,10,16H,9H2,1-4H3. The molecule has 0 aliphatic heterocycles. The Morgan fingerprint density at radius 2 is 2.11 bits per heavy atom. The van der Waals surface area contributed by atoms with Crippen molar-refractivity contribution >= 4 is 0 Å². The zero-order chi connectivity index (χ0) is 13.9. The normalized spacial score (nSPS) is 11.6. The van der Waals surface area contributed by atoms with Gasteiger partial charge in [-0.3, -0.25) is 0 Å². The number of hydrogen-bond donors (Lipinski definition) is 1. The van der Waals surface area contributed by atoms with Gasteiger partial charge in [0, 0.05) is 11.6 Å². The van der Waals surface area contributed by atoms with Gasteiger partial charge in [-0.1, -0.05) is 6.07 Å². The number of hydrogen-bond acceptors (Lipinski definition) is 4. The minimum atomic E-state index is 0.0468. The predicted octanol–water partition coefficient (Wildman–Crippen LogP) is 2.16. The molecule has 1 heterocycles. The van der Waals surface area contributed by atoms with Gasteiger partial charge in [-0.25, -0.2) is 9.67 Å². The van der Waals surface area contributed by atoms with Gasteiger partial charge in [0.25, 0.3) is 0 Å². The van der Waals surface area contributed by atoms with E-state index in [1.54, 1.807) is 13.4 Å². The third-order valence-corrected chi connectivity index (χ3v) is 2.69. The second-order valence-corrected chi connectivity index (χ2v) is 5.39. The van der Waals surface area contributed by atoms with E-state index in [-0.39, 0.29) is 5.54 Å². The van der Waals surface area contributed by atoms with E-state index in [9.17, 15) is 0 Å². The first-order chi connectivity index (χ1) is 8.99. The SMILES string of the molecule is COc1cccc(-n2ncnc2CNC(C)(C)C)c1. The zero-order valence-corrected chi connectivity index (χ0v) is 11.8. The Morgan fingerprint density at radius 3 is 2.79 bits per heavy atom. The average Bonchev–Trinajstić information content (AvgIpc) is 2.84. The van der Waals surface area contributed by atoms with Crippen LogP contribution >= 0.6 is 0 Å². The summed E-state index contributed by atoms with van der Waals surface area (Å²) >= 11 is 0. The van der Waals surface area contributed by atoms with Gasteiger partial charge >= 0.3 is 0 Å². The molecule has 102 valence electrons. The third kappa shape index (κ3) is 3.54. The minimum Gasteiger partial charge on any atom is -0.497 e. The highest BCUT2D eigenvalue weighted by molar-refractivity contribution is 5.38. The molecule has 5 nitrogen and oxygen atoms in total. The molecular weight excluding hydrogens is 240 g/mol. The fourth-order valence-electron chi connectivity index (χ4n) is 1.69. The second kappa shape index (κ2) is 5.40. The van der Waals surface area contributed by atoms with E-state index in [4.69, 9.17) is 4.74 Å². The number of rotatable bonds is 4. The minimum absolute atomic E-state index is 0.0468. The number of methoxy groups -OCH3 is 1. The van der Waals surface area contributed by atoms with Crippen molar-refractivity contribution in [3.63, 3.8) is 0 Å². The predicted molar refractivity (Wildman–Crippen MR) is 74.5 cm³/mol. The summed E-state index contributed by atoms with van der Waals surface area (Å²) in [6, 6.07) is 7.78. The lowest BCUT2D eigenvalue weighted by molar-refractivity contribution is 0.412. The fourth-order valence-corrected chi connectivity index (χ4v) is 1.69. The van der Waals surface area contributed by atoms with Gasteiger partial charge in [-0.05, 0) is 32.9 Å². The second-order valence-electron chi connectivity index (χ2n) is 5.39. The smallest absolute Gasteiger partial charge is 0.146 e. The Morgan fingerprint density at radius 1 is 1.32 bits per heavy atom. The van der Waals surface area contributed by atoms with E-state index < -0.39 is 0 Å². The molecule has 1 N–H and O–H groups in total. The van der Waals surface area contributed by atoms with Crippen molar-refractivity contribution in [2.45, 2.75) is 32.9 Å². The molecule has 5 heteroatoms. The van der Waals surface area contributed by atoms with Gasteiger partial charge in [0.05, 0.1) is 19.3 Å². The van der Waals surface area contributed by atoms with Crippen molar-refractivity contribution in [1.29, 1.82) is 0 Å². The lowest BCUT2D eigenvalue weighted by Gasteiger charge is -2.20. The van der Waals surface area contributed by atoms with Gasteiger partial charge in [0.1, 0.15) is 17.9 Å². The van der Waals surface area contributed by atoms with Gasteiger partial charge in [0.2, 0.25) is 0 Å². The number of benzene rings is 1. The van der Waals surface area contributed by atoms with Gasteiger partial charge in [-0.2, -0.15) is 5.10 Å². The van der Waals surface area contributed by atoms with Crippen LogP contribution in [0.4, 0.5) is 0 Å². The first-order valence-corrected chi connectivity index (χ1v) is 6.28. The summed E-state index contributed by atoms with van der Waals surface area (Å²) in [5, 5.41) is 7.68. The van der Waals surface area contributed by atoms with Crippen LogP contribution < -0.4 is 10.1 Å². The topological polar surface area (TPSA) is 52.0 Å². The van der Waals surface area contributed by atoms with Gasteiger partial charge in [0.15, 0.2) is 0 Å². The van der Waals surface area contributed by atoms with E-state index >= 15 is 0 Å². The number of nitrogens with one attached hydrogen (secondary N) is 1. The quantitative estimate of drug-likeness (QED) is 0.915. The molecule has 0 radical (unpaired) electrons. The molecule has 2 aromatic rings. The van der Waals surface area contributed by atoms with Crippen molar-refractivity contribution in [3.05, 3.63) is 36.4 Å². The zero-order valence-electron chi connectivity index (χ0n) is 11.8. The summed E-state index contributed by atoms with van der Waals surface area (Å²) in [6.07, 6.45) is 1.57. The molecule has 0 aliphatic carbocycles. The molecule has 1 aromatic heterocycles. The van der Waals surface area contributed by atoms with Crippen LogP contribution in [0.5, 0.6) is 5.75 Å². The molecule has 0 aliphatic rings. The van der Waals surface area contributed by atoms with Crippen LogP contribution in [0.3, 0.4) is 0 Å². The monoisotopic (exact) mass is 260 g/mol. The first kappa shape index (κ1) is 13.5. The van der Waals surface area contributed by atoms with Crippen LogP contribution in [0.1, 0.15) is 26.6 Å². The molecule has 19 heavy (non-hydrogen) atoms. The molecule has 0 amide bonds. The lowest BCUT2D eigenvalue weighted by Crippen LogP contribution is -2.35. The molecule has 0 spiro atoms. The summed E-state index contributed by atoms with van der Waals surface area (Å²) in [5.74, 6) is 1.69. The molecule has 0 saturated carbocycles. The summed E-state index contributed by atoms with van der Waals surface area (Å²) in [5.41, 5.74) is 0.994. The summed E-state index contributed by atoms with van der Waals surface area (Å²) in [4.78, 5) is 4.30. The van der Waals surface area contributed by atoms with Crippen molar-refractivity contribution in [2.24, 2.45) is 0 Å². The third-order valence-electron chi connectivity index (χ3n) is 2.69. The Balaban J connectivity index is 2.23. The fraction of sp³-hybridized carbons (Fsp3) is 0.429. The highest BCUT2D eigenvalue weighted by atomic mass is 16.5. The van der Waals surface area contributed by atoms with Gasteiger partial charge < -0.3 is 10.1 Å². The van der Waals surface area contributed by atoms with Crippen molar-refractivity contribution in [1.82, 2.24) is 20.1 Å². The molecule has 1 aromatic carbocycles. The molecular formula is C14H20N4O. The first-order valence-electron chi connectivity index (χ1n) is 6.28. The van der Waals surface area contributed by atoms with Crippen LogP contribution in [0.15, 0.2) is 30.6 Å². The van der Waals surface area contributed by atoms with Crippen LogP contribution in [0.2, 0.25) is 0 Å². The number of aromatic nitrogens is 3. The molecule has 0 bridgehead atoms. The Hall–Kier alpha value is -1.88. The van der Waals surface area contributed by atoms with E-state index in [0.29, 0.717) is 6.54 Å². The molecule has 0 atom stereocenters. The highest BCUT2D eigenvalue weighted by Gasteiger charge is 2.12. The van der Waals surface area contributed by atoms with Crippen LogP contribution in [0, 0.1) is 0 Å². The molecule has 2 rings (SSSR count).